The van der Waals surface area contributed by atoms with Gasteiger partial charge in [-0.2, -0.15) is 0 Å². The van der Waals surface area contributed by atoms with Crippen LogP contribution in [0.3, 0.4) is 0 Å². The fraction of sp³-hybridized carbons (Fsp3) is 0.0526. The third-order valence-corrected chi connectivity index (χ3v) is 3.29. The predicted molar refractivity (Wildman–Crippen MR) is 103 cm³/mol. The largest absolute Gasteiger partial charge is 0.425 e. The molecule has 0 saturated carbocycles. The third-order valence-electron chi connectivity index (χ3n) is 3.29. The molecule has 4 heterocycles. The molecular weight excluding hydrogens is 467 g/mol. The second-order valence-corrected chi connectivity index (χ2v) is 5.05. The Morgan fingerprint density at radius 1 is 0.900 bits per heavy atom. The quantitative estimate of drug-likeness (QED) is 0.321. The van der Waals surface area contributed by atoms with Crippen molar-refractivity contribution in [3.05, 3.63) is 112 Å². The zero-order chi connectivity index (χ0) is 21.3. The number of rotatable bonds is 4. The summed E-state index contributed by atoms with van der Waals surface area (Å²) in [6.45, 7) is 12.6. The molecule has 3 aromatic rings. The Bertz CT molecular complexity index is 787. The van der Waals surface area contributed by atoms with E-state index in [2.05, 4.69) is 28.6 Å². The monoisotopic (exact) mass is 487 g/mol. The minimum absolute atomic E-state index is 0. The third kappa shape index (κ3) is 8.66. The second kappa shape index (κ2) is 17.0. The molecule has 11 heteroatoms. The van der Waals surface area contributed by atoms with Gasteiger partial charge >= 0.3 is 22.6 Å². The molecule has 0 aliphatic carbocycles. The fourth-order valence-corrected chi connectivity index (χ4v) is 2.26. The van der Waals surface area contributed by atoms with E-state index in [1.807, 2.05) is 68.7 Å². The van der Waals surface area contributed by atoms with Crippen molar-refractivity contribution in [2.75, 3.05) is 0 Å². The summed E-state index contributed by atoms with van der Waals surface area (Å²) in [5, 5.41) is 12.7. The van der Waals surface area contributed by atoms with E-state index in [1.54, 1.807) is 45.2 Å². The molecule has 4 radical (unpaired) electrons. The van der Waals surface area contributed by atoms with Gasteiger partial charge < -0.3 is 18.5 Å². The fourth-order valence-electron chi connectivity index (χ4n) is 2.26. The van der Waals surface area contributed by atoms with Crippen LogP contribution < -0.4 is 0 Å². The number of aromatic nitrogens is 6. The minimum atomic E-state index is -0.194. The summed E-state index contributed by atoms with van der Waals surface area (Å²) in [6.07, 6.45) is 20.4. The molecule has 9 nitrogen and oxygen atoms in total. The van der Waals surface area contributed by atoms with Gasteiger partial charge in [0, 0.05) is 52.5 Å². The van der Waals surface area contributed by atoms with Gasteiger partial charge in [0.2, 0.25) is 0 Å². The summed E-state index contributed by atoms with van der Waals surface area (Å²) in [5.41, 5.74) is 1.10. The smallest absolute Gasteiger partial charge is 0.260 e. The summed E-state index contributed by atoms with van der Waals surface area (Å²) in [4.78, 5) is 0. The molecule has 1 aliphatic heterocycles. The first-order valence-corrected chi connectivity index (χ1v) is 8.25. The molecule has 0 atom stereocenters. The normalized spacial score (nSPS) is 11.9. The Kier molecular flexibility index (Phi) is 15.4. The van der Waals surface area contributed by atoms with Gasteiger partial charge in [-0.25, -0.2) is 15.3 Å². The number of hydrogen-bond donors (Lipinski definition) is 0. The second-order valence-electron chi connectivity index (χ2n) is 5.05. The van der Waals surface area contributed by atoms with Crippen LogP contribution in [-0.4, -0.2) is 36.2 Å². The molecule has 152 valence electrons. The number of ether oxygens (including phenoxy) is 1. The Morgan fingerprint density at radius 2 is 1.37 bits per heavy atom. The summed E-state index contributed by atoms with van der Waals surface area (Å²) < 4.78 is 25.3. The van der Waals surface area contributed by atoms with Crippen molar-refractivity contribution in [3.63, 3.8) is 0 Å². The first kappa shape index (κ1) is 27.1. The maximum absolute atomic E-state index is 7.50. The van der Waals surface area contributed by atoms with E-state index in [9.17, 15) is 0 Å². The van der Waals surface area contributed by atoms with Crippen LogP contribution in [0.25, 0.3) is 0 Å². The van der Waals surface area contributed by atoms with Crippen LogP contribution in [-0.2, 0) is 35.1 Å². The van der Waals surface area contributed by atoms with E-state index in [4.69, 9.17) is 14.0 Å². The molecule has 4 rings (SSSR count). The Morgan fingerprint density at radius 3 is 1.67 bits per heavy atom. The topological polar surface area (TPSA) is 102 Å². The van der Waals surface area contributed by atoms with Crippen LogP contribution in [0.5, 0.6) is 0 Å². The van der Waals surface area contributed by atoms with Gasteiger partial charge in [0.1, 0.15) is 6.61 Å². The van der Waals surface area contributed by atoms with Crippen molar-refractivity contribution in [1.82, 2.24) is 29.1 Å². The number of allylic oxidation sites excluding steroid dienone is 3. The Balaban J connectivity index is 0.000000518. The van der Waals surface area contributed by atoms with Crippen LogP contribution in [0.1, 0.15) is 6.92 Å². The van der Waals surface area contributed by atoms with E-state index in [0.717, 1.165) is 5.57 Å². The molecule has 0 spiro atoms. The van der Waals surface area contributed by atoms with Crippen LogP contribution in [0.4, 0.5) is 0 Å². The van der Waals surface area contributed by atoms with Gasteiger partial charge in [-0.1, -0.05) is 12.2 Å². The van der Waals surface area contributed by atoms with Gasteiger partial charge in [0.05, 0.1) is 6.26 Å². The Labute approximate surface area is 190 Å². The predicted octanol–water partition coefficient (Wildman–Crippen LogP) is 2.18. The van der Waals surface area contributed by atoms with Gasteiger partial charge in [0.25, 0.3) is 7.12 Å². The van der Waals surface area contributed by atoms with Gasteiger partial charge in [0.15, 0.2) is 0 Å². The summed E-state index contributed by atoms with van der Waals surface area (Å²) in [6, 6.07) is 5.62. The minimum Gasteiger partial charge on any atom is -0.425 e. The molecule has 0 amide bonds. The molecule has 3 aromatic heterocycles. The SMILES string of the molecule is C/C=C/C1=CO[CH][CH][CH]1.[C-]#[O+].[C-]#[O+].[Mo].c1cnn([B-](n2cccn2)n2cccn2)c1. The molecular formula is C19H18BMoN6O3-. The van der Waals surface area contributed by atoms with Crippen LogP contribution in [0.2, 0.25) is 0 Å². The van der Waals surface area contributed by atoms with E-state index >= 15 is 0 Å². The van der Waals surface area contributed by atoms with Crippen molar-refractivity contribution >= 4 is 7.12 Å². The van der Waals surface area contributed by atoms with Crippen LogP contribution >= 0.6 is 0 Å². The molecule has 30 heavy (non-hydrogen) atoms. The van der Waals surface area contributed by atoms with E-state index in [1.165, 1.54) is 0 Å². The maximum Gasteiger partial charge on any atom is 0.260 e. The van der Waals surface area contributed by atoms with Gasteiger partial charge in [-0.05, 0) is 49.3 Å². The standard InChI is InChI=1S/C9H9BN6.C8H9O.2CO.Mo/c1-4-11-14(7-1)10(15-8-2-5-12-15)16-9-3-6-13-16;1-2-4-8-5-3-6-9-7-8;2*1-2;/h1-9H;2-7H,1H3;;;/q-1;;;;/b;4-2+;;;. The molecule has 0 aromatic carbocycles. The average Bonchev–Trinajstić information content (AvgIpc) is 3.58. The van der Waals surface area contributed by atoms with Crippen molar-refractivity contribution in [1.29, 1.82) is 0 Å². The van der Waals surface area contributed by atoms with Crippen LogP contribution in [0.15, 0.2) is 79.4 Å². The molecule has 0 unspecified atom stereocenters. The first-order chi connectivity index (χ1) is 14.4. The number of nitrogens with zero attached hydrogens (tertiary/aromatic N) is 6. The molecule has 1 aliphatic rings. The Hall–Kier alpha value is -2.86. The number of hydrogen-bond acceptors (Lipinski definition) is 4. The zero-order valence-electron chi connectivity index (χ0n) is 16.1. The van der Waals surface area contributed by atoms with E-state index in [0.29, 0.717) is 0 Å². The van der Waals surface area contributed by atoms with Gasteiger partial charge in [-0.15, -0.1) is 0 Å². The van der Waals surface area contributed by atoms with Gasteiger partial charge in [-0.3, -0.25) is 0 Å². The first-order valence-electron chi connectivity index (χ1n) is 8.25. The summed E-state index contributed by atoms with van der Waals surface area (Å²) in [5.74, 6) is 0. The maximum atomic E-state index is 7.50. The van der Waals surface area contributed by atoms with Crippen LogP contribution in [0, 0.1) is 32.7 Å². The molecule has 0 fully saturated rings. The zero-order valence-corrected chi connectivity index (χ0v) is 18.1. The molecule has 0 saturated heterocycles. The van der Waals surface area contributed by atoms with Crippen molar-refractivity contribution in [3.8, 4) is 0 Å². The van der Waals surface area contributed by atoms with E-state index < -0.39 is 0 Å². The van der Waals surface area contributed by atoms with E-state index in [-0.39, 0.29) is 28.2 Å². The average molecular weight is 485 g/mol. The summed E-state index contributed by atoms with van der Waals surface area (Å²) >= 11 is 0. The molecule has 0 bridgehead atoms. The van der Waals surface area contributed by atoms with Crippen molar-refractivity contribution < 1.29 is 35.1 Å². The summed E-state index contributed by atoms with van der Waals surface area (Å²) in [7, 11) is -0.194. The molecule has 0 N–H and O–H groups in total. The van der Waals surface area contributed by atoms with Crippen molar-refractivity contribution in [2.24, 2.45) is 0 Å². The van der Waals surface area contributed by atoms with Crippen molar-refractivity contribution in [2.45, 2.75) is 6.92 Å².